The Morgan fingerprint density at radius 2 is 1.71 bits per heavy atom. The average Bonchev–Trinajstić information content (AvgIpc) is 2.84. The number of halogens is 2. The molecule has 1 atom stereocenters. The van der Waals surface area contributed by atoms with Crippen molar-refractivity contribution in [1.29, 1.82) is 0 Å². The highest BCUT2D eigenvalue weighted by Gasteiger charge is 2.31. The van der Waals surface area contributed by atoms with E-state index in [-0.39, 0.29) is 35.4 Å². The van der Waals surface area contributed by atoms with Crippen LogP contribution in [-0.2, 0) is 29.0 Å². The maximum atomic E-state index is 14.5. The van der Waals surface area contributed by atoms with Gasteiger partial charge in [0.25, 0.3) is 0 Å². The molecule has 0 aliphatic rings. The van der Waals surface area contributed by atoms with E-state index in [1.54, 1.807) is 11.0 Å². The molecule has 6 heteroatoms. The van der Waals surface area contributed by atoms with Crippen LogP contribution in [0.3, 0.4) is 0 Å². The molecule has 2 amide bonds. The van der Waals surface area contributed by atoms with E-state index in [1.165, 1.54) is 12.1 Å². The number of benzene rings is 3. The summed E-state index contributed by atoms with van der Waals surface area (Å²) in [6, 6.07) is 21.0. The van der Waals surface area contributed by atoms with Crippen LogP contribution in [0.2, 0.25) is 5.02 Å². The highest BCUT2D eigenvalue weighted by atomic mass is 35.5. The second-order valence-corrected chi connectivity index (χ2v) is 9.14. The average molecular weight is 495 g/mol. The van der Waals surface area contributed by atoms with Gasteiger partial charge in [0, 0.05) is 30.1 Å². The number of rotatable bonds is 11. The zero-order valence-corrected chi connectivity index (χ0v) is 21.0. The molecule has 0 saturated carbocycles. The number of carbonyl (C=O) groups is 2. The van der Waals surface area contributed by atoms with Gasteiger partial charge in [0.15, 0.2) is 0 Å². The lowest BCUT2D eigenvalue weighted by atomic mass is 10.0. The molecule has 0 aliphatic carbocycles. The number of nitrogens with one attached hydrogen (secondary N) is 1. The van der Waals surface area contributed by atoms with Crippen LogP contribution in [0.5, 0.6) is 0 Å². The molecular formula is C29H32ClFN2O2. The fourth-order valence-corrected chi connectivity index (χ4v) is 4.25. The molecule has 0 aliphatic heterocycles. The molecular weight excluding hydrogens is 463 g/mol. The van der Waals surface area contributed by atoms with E-state index in [9.17, 15) is 14.0 Å². The molecule has 35 heavy (non-hydrogen) atoms. The van der Waals surface area contributed by atoms with E-state index in [1.807, 2.05) is 61.5 Å². The van der Waals surface area contributed by atoms with Crippen LogP contribution in [0.4, 0.5) is 4.39 Å². The standard InChI is InChI=1S/C29H32ClFN2O2/c1-3-4-16-32-29(35)27(18-22-11-6-5-7-12-22)33(20-23-13-8-10-21(2)17-23)28(34)19-24-25(30)14-9-15-26(24)31/h5-15,17,27H,3-4,16,18-20H2,1-2H3,(H,32,35). The van der Waals surface area contributed by atoms with Gasteiger partial charge in [-0.15, -0.1) is 0 Å². The number of amides is 2. The molecule has 0 spiro atoms. The summed E-state index contributed by atoms with van der Waals surface area (Å²) in [5.74, 6) is -1.11. The lowest BCUT2D eigenvalue weighted by Gasteiger charge is -2.32. The molecule has 0 aromatic heterocycles. The largest absolute Gasteiger partial charge is 0.354 e. The lowest BCUT2D eigenvalue weighted by Crippen LogP contribution is -2.51. The molecule has 3 aromatic carbocycles. The Morgan fingerprint density at radius 1 is 1.00 bits per heavy atom. The van der Waals surface area contributed by atoms with Crippen LogP contribution in [0.15, 0.2) is 72.8 Å². The van der Waals surface area contributed by atoms with E-state index in [4.69, 9.17) is 11.6 Å². The Labute approximate surface area is 212 Å². The van der Waals surface area contributed by atoms with Gasteiger partial charge in [-0.3, -0.25) is 9.59 Å². The molecule has 0 saturated heterocycles. The number of aryl methyl sites for hydroxylation is 1. The van der Waals surface area contributed by atoms with E-state index in [0.717, 1.165) is 29.5 Å². The smallest absolute Gasteiger partial charge is 0.243 e. The third-order valence-corrected chi connectivity index (χ3v) is 6.28. The summed E-state index contributed by atoms with van der Waals surface area (Å²) in [6.07, 6.45) is 1.91. The fourth-order valence-electron chi connectivity index (χ4n) is 4.02. The first-order chi connectivity index (χ1) is 16.9. The van der Waals surface area contributed by atoms with E-state index >= 15 is 0 Å². The third-order valence-electron chi connectivity index (χ3n) is 5.93. The van der Waals surface area contributed by atoms with E-state index in [0.29, 0.717) is 13.0 Å². The number of hydrogen-bond acceptors (Lipinski definition) is 2. The topological polar surface area (TPSA) is 49.4 Å². The van der Waals surface area contributed by atoms with Crippen LogP contribution in [0.1, 0.15) is 42.0 Å². The summed E-state index contributed by atoms with van der Waals surface area (Å²) in [5, 5.41) is 3.19. The second-order valence-electron chi connectivity index (χ2n) is 8.74. The van der Waals surface area contributed by atoms with Crippen molar-refractivity contribution in [3.05, 3.63) is 106 Å². The Hall–Kier alpha value is -3.18. The Kier molecular flexibility index (Phi) is 9.86. The molecule has 0 heterocycles. The van der Waals surface area contributed by atoms with Gasteiger partial charge in [-0.05, 0) is 36.6 Å². The van der Waals surface area contributed by atoms with Crippen LogP contribution in [0, 0.1) is 12.7 Å². The van der Waals surface area contributed by atoms with Gasteiger partial charge in [0.05, 0.1) is 6.42 Å². The number of nitrogens with zero attached hydrogens (tertiary/aromatic N) is 1. The van der Waals surface area contributed by atoms with Crippen LogP contribution in [0.25, 0.3) is 0 Å². The van der Waals surface area contributed by atoms with Crippen molar-refractivity contribution in [1.82, 2.24) is 10.2 Å². The van der Waals surface area contributed by atoms with Gasteiger partial charge in [-0.1, -0.05) is 91.2 Å². The minimum absolute atomic E-state index is 0.137. The Bertz CT molecular complexity index is 1120. The van der Waals surface area contributed by atoms with Crippen molar-refractivity contribution >= 4 is 23.4 Å². The fraction of sp³-hybridized carbons (Fsp3) is 0.310. The van der Waals surface area contributed by atoms with Crippen molar-refractivity contribution in [3.8, 4) is 0 Å². The normalized spacial score (nSPS) is 11.7. The van der Waals surface area contributed by atoms with Gasteiger partial charge < -0.3 is 10.2 Å². The number of hydrogen-bond donors (Lipinski definition) is 1. The van der Waals surface area contributed by atoms with Crippen molar-refractivity contribution in [2.24, 2.45) is 0 Å². The lowest BCUT2D eigenvalue weighted by molar-refractivity contribution is -0.140. The maximum absolute atomic E-state index is 14.5. The molecule has 0 bridgehead atoms. The summed E-state index contributed by atoms with van der Waals surface area (Å²) in [4.78, 5) is 28.7. The predicted octanol–water partition coefficient (Wildman–Crippen LogP) is 5.89. The Balaban J connectivity index is 1.98. The van der Waals surface area contributed by atoms with Crippen molar-refractivity contribution < 1.29 is 14.0 Å². The van der Waals surface area contributed by atoms with Gasteiger partial charge >= 0.3 is 0 Å². The van der Waals surface area contributed by atoms with Crippen LogP contribution in [-0.4, -0.2) is 29.3 Å². The van der Waals surface area contributed by atoms with Crippen molar-refractivity contribution in [3.63, 3.8) is 0 Å². The summed E-state index contributed by atoms with van der Waals surface area (Å²) in [7, 11) is 0. The third kappa shape index (κ3) is 7.66. The minimum atomic E-state index is -0.757. The SMILES string of the molecule is CCCCNC(=O)C(Cc1ccccc1)N(Cc1cccc(C)c1)C(=O)Cc1c(F)cccc1Cl. The van der Waals surface area contributed by atoms with Gasteiger partial charge in [-0.2, -0.15) is 0 Å². The zero-order chi connectivity index (χ0) is 25.2. The summed E-state index contributed by atoms with van der Waals surface area (Å²) >= 11 is 6.23. The summed E-state index contributed by atoms with van der Waals surface area (Å²) < 4.78 is 14.5. The summed E-state index contributed by atoms with van der Waals surface area (Å²) in [6.45, 7) is 4.80. The van der Waals surface area contributed by atoms with Crippen molar-refractivity contribution in [2.45, 2.75) is 52.1 Å². The van der Waals surface area contributed by atoms with E-state index < -0.39 is 11.9 Å². The van der Waals surface area contributed by atoms with Gasteiger partial charge in [0.1, 0.15) is 11.9 Å². The molecule has 1 unspecified atom stereocenters. The van der Waals surface area contributed by atoms with E-state index in [2.05, 4.69) is 12.2 Å². The molecule has 1 N–H and O–H groups in total. The number of carbonyl (C=O) groups excluding carboxylic acids is 2. The zero-order valence-electron chi connectivity index (χ0n) is 20.3. The number of unbranched alkanes of at least 4 members (excludes halogenated alkanes) is 1. The predicted molar refractivity (Wildman–Crippen MR) is 139 cm³/mol. The first-order valence-electron chi connectivity index (χ1n) is 12.0. The molecule has 0 fully saturated rings. The van der Waals surface area contributed by atoms with Crippen LogP contribution < -0.4 is 5.32 Å². The monoisotopic (exact) mass is 494 g/mol. The van der Waals surface area contributed by atoms with Crippen molar-refractivity contribution in [2.75, 3.05) is 6.54 Å². The van der Waals surface area contributed by atoms with Gasteiger partial charge in [0.2, 0.25) is 11.8 Å². The molecule has 3 rings (SSSR count). The quantitative estimate of drug-likeness (QED) is 0.338. The van der Waals surface area contributed by atoms with Gasteiger partial charge in [-0.25, -0.2) is 4.39 Å². The first-order valence-corrected chi connectivity index (χ1v) is 12.4. The highest BCUT2D eigenvalue weighted by molar-refractivity contribution is 6.31. The molecule has 0 radical (unpaired) electrons. The van der Waals surface area contributed by atoms with Crippen LogP contribution >= 0.6 is 11.6 Å². The molecule has 3 aromatic rings. The first kappa shape index (κ1) is 26.4. The summed E-state index contributed by atoms with van der Waals surface area (Å²) in [5.41, 5.74) is 3.03. The second kappa shape index (κ2) is 13.1. The Morgan fingerprint density at radius 3 is 2.40 bits per heavy atom. The molecule has 4 nitrogen and oxygen atoms in total. The molecule has 184 valence electrons. The highest BCUT2D eigenvalue weighted by Crippen LogP contribution is 2.22. The minimum Gasteiger partial charge on any atom is -0.354 e. The maximum Gasteiger partial charge on any atom is 0.243 e.